The number of piperidine rings is 1. The minimum atomic E-state index is -0.346. The van der Waals surface area contributed by atoms with E-state index in [1.165, 1.54) is 12.1 Å². The number of ether oxygens (including phenoxy) is 1. The van der Waals surface area contributed by atoms with Crippen molar-refractivity contribution >= 4 is 5.91 Å². The Morgan fingerprint density at radius 2 is 2.03 bits per heavy atom. The average molecular weight is 419 g/mol. The van der Waals surface area contributed by atoms with Gasteiger partial charge in [-0.15, -0.1) is 0 Å². The lowest BCUT2D eigenvalue weighted by Crippen LogP contribution is -2.70. The fraction of sp³-hybridized carbons (Fsp3) is 0.667. The first-order chi connectivity index (χ1) is 14.4. The van der Waals surface area contributed by atoms with Gasteiger partial charge >= 0.3 is 0 Å². The number of hydrogen-bond donors (Lipinski definition) is 4. The molecular formula is C21H31FN6O2. The second kappa shape index (κ2) is 7.51. The molecule has 5 rings (SSSR count). The van der Waals surface area contributed by atoms with Crippen LogP contribution in [0, 0.1) is 17.2 Å². The number of hydrogen-bond acceptors (Lipinski definition) is 7. The number of rotatable bonds is 2. The molecule has 0 aromatic heterocycles. The first-order valence-electron chi connectivity index (χ1n) is 10.8. The topological polar surface area (TPSA) is 94.9 Å². The molecule has 30 heavy (non-hydrogen) atoms. The minimum Gasteiger partial charge on any atom is -0.376 e. The van der Waals surface area contributed by atoms with Gasteiger partial charge in [-0.25, -0.2) is 15.2 Å². The molecule has 4 aliphatic rings. The molecule has 0 radical (unpaired) electrons. The molecule has 4 aliphatic heterocycles. The number of halogens is 1. The lowest BCUT2D eigenvalue weighted by Gasteiger charge is -2.49. The van der Waals surface area contributed by atoms with Crippen LogP contribution in [0.3, 0.4) is 0 Å². The summed E-state index contributed by atoms with van der Waals surface area (Å²) in [5, 5.41) is 3.58. The number of carbonyl (C=O) groups excluding carboxylic acids is 1. The van der Waals surface area contributed by atoms with E-state index in [1.54, 1.807) is 11.0 Å². The lowest BCUT2D eigenvalue weighted by atomic mass is 9.73. The Balaban J connectivity index is 1.29. The van der Waals surface area contributed by atoms with Gasteiger partial charge in [-0.2, -0.15) is 0 Å². The van der Waals surface area contributed by atoms with Crippen LogP contribution in [0.1, 0.15) is 31.4 Å². The van der Waals surface area contributed by atoms with E-state index in [-0.39, 0.29) is 53.7 Å². The number of amides is 1. The summed E-state index contributed by atoms with van der Waals surface area (Å²) in [6, 6.07) is 6.21. The van der Waals surface area contributed by atoms with Crippen molar-refractivity contribution in [2.75, 3.05) is 26.7 Å². The summed E-state index contributed by atoms with van der Waals surface area (Å²) >= 11 is 0. The SMILES string of the molecule is C[C@@H]1OCC2(CCN(C3NC4NNC(c5cccc(F)c5)C4C(=O)N3C)CC2)[C@@H]1N. The Kier molecular flexibility index (Phi) is 5.08. The summed E-state index contributed by atoms with van der Waals surface area (Å²) in [6.07, 6.45) is 1.62. The number of benzene rings is 1. The predicted octanol–water partition coefficient (Wildman–Crippen LogP) is 0.0903. The summed E-state index contributed by atoms with van der Waals surface area (Å²) in [4.78, 5) is 17.4. The molecule has 8 nitrogen and oxygen atoms in total. The lowest BCUT2D eigenvalue weighted by molar-refractivity contribution is -0.151. The van der Waals surface area contributed by atoms with Crippen LogP contribution < -0.4 is 21.9 Å². The molecule has 4 heterocycles. The van der Waals surface area contributed by atoms with Crippen LogP contribution in [0.5, 0.6) is 0 Å². The maximum Gasteiger partial charge on any atom is 0.232 e. The fourth-order valence-electron chi connectivity index (χ4n) is 5.64. The Morgan fingerprint density at radius 3 is 2.70 bits per heavy atom. The molecule has 4 unspecified atom stereocenters. The third kappa shape index (κ3) is 3.16. The minimum absolute atomic E-state index is 0.0466. The Hall–Kier alpha value is -1.62. The highest BCUT2D eigenvalue weighted by atomic mass is 19.1. The van der Waals surface area contributed by atoms with Crippen LogP contribution in [-0.4, -0.2) is 67.1 Å². The Morgan fingerprint density at radius 1 is 1.27 bits per heavy atom. The van der Waals surface area contributed by atoms with E-state index in [0.717, 1.165) is 38.1 Å². The molecule has 9 heteroatoms. The van der Waals surface area contributed by atoms with Crippen LogP contribution in [0.15, 0.2) is 24.3 Å². The van der Waals surface area contributed by atoms with E-state index >= 15 is 0 Å². The van der Waals surface area contributed by atoms with Crippen molar-refractivity contribution in [3.63, 3.8) is 0 Å². The average Bonchev–Trinajstić information content (AvgIpc) is 3.29. The molecule has 164 valence electrons. The summed E-state index contributed by atoms with van der Waals surface area (Å²) in [5.74, 6) is -0.599. The van der Waals surface area contributed by atoms with E-state index in [4.69, 9.17) is 10.5 Å². The highest BCUT2D eigenvalue weighted by Crippen LogP contribution is 2.42. The van der Waals surface area contributed by atoms with Gasteiger partial charge in [0.2, 0.25) is 5.91 Å². The van der Waals surface area contributed by atoms with Gasteiger partial charge in [0.05, 0.1) is 30.8 Å². The Bertz CT molecular complexity index is 816. The van der Waals surface area contributed by atoms with Gasteiger partial charge < -0.3 is 15.4 Å². The molecular weight excluding hydrogens is 387 g/mol. The second-order valence-corrected chi connectivity index (χ2v) is 9.25. The van der Waals surface area contributed by atoms with Crippen molar-refractivity contribution in [2.45, 2.75) is 50.4 Å². The predicted molar refractivity (Wildman–Crippen MR) is 109 cm³/mol. The molecule has 0 saturated carbocycles. The van der Waals surface area contributed by atoms with E-state index in [2.05, 4.69) is 28.0 Å². The molecule has 1 amide bonds. The van der Waals surface area contributed by atoms with Gasteiger partial charge in [0, 0.05) is 31.6 Å². The van der Waals surface area contributed by atoms with E-state index in [0.29, 0.717) is 0 Å². The molecule has 0 aliphatic carbocycles. The third-order valence-electron chi connectivity index (χ3n) is 7.63. The molecule has 1 aromatic rings. The fourth-order valence-corrected chi connectivity index (χ4v) is 5.64. The number of carbonyl (C=O) groups is 1. The van der Waals surface area contributed by atoms with Gasteiger partial charge in [0.15, 0.2) is 0 Å². The highest BCUT2D eigenvalue weighted by Gasteiger charge is 2.52. The zero-order valence-corrected chi connectivity index (χ0v) is 17.5. The standard InChI is InChI=1S/C21H31FN6O2/c1-12-17(23)21(11-30-12)6-8-28(9-7-21)20-24-18-15(19(29)27(20)2)16(25-26-18)13-4-3-5-14(22)10-13/h3-5,10,12,15-18,20,24-26H,6-9,11,23H2,1-2H3/t12-,15?,16?,17+,18?,20?/m0/s1. The summed E-state index contributed by atoms with van der Waals surface area (Å²) in [5.41, 5.74) is 13.7. The van der Waals surface area contributed by atoms with Gasteiger partial charge in [0.25, 0.3) is 0 Å². The van der Waals surface area contributed by atoms with Crippen molar-refractivity contribution in [2.24, 2.45) is 17.1 Å². The largest absolute Gasteiger partial charge is 0.376 e. The van der Waals surface area contributed by atoms with Crippen molar-refractivity contribution in [1.82, 2.24) is 26.0 Å². The molecule has 0 bridgehead atoms. The number of likely N-dealkylation sites (tertiary alicyclic amines) is 1. The van der Waals surface area contributed by atoms with Gasteiger partial charge in [-0.3, -0.25) is 15.0 Å². The second-order valence-electron chi connectivity index (χ2n) is 9.25. The Labute approximate surface area is 176 Å². The first kappa shape index (κ1) is 20.3. The third-order valence-corrected chi connectivity index (χ3v) is 7.63. The van der Waals surface area contributed by atoms with Crippen LogP contribution in [0.2, 0.25) is 0 Å². The van der Waals surface area contributed by atoms with Gasteiger partial charge in [-0.05, 0) is 37.5 Å². The van der Waals surface area contributed by atoms with Crippen LogP contribution in [0.4, 0.5) is 4.39 Å². The number of hydrazine groups is 1. The number of nitrogens with zero attached hydrogens (tertiary/aromatic N) is 2. The van der Waals surface area contributed by atoms with Crippen LogP contribution in [0.25, 0.3) is 0 Å². The maximum atomic E-state index is 13.7. The number of fused-ring (bicyclic) bond motifs is 1. The molecule has 4 fully saturated rings. The summed E-state index contributed by atoms with van der Waals surface area (Å²) in [7, 11) is 1.84. The molecule has 6 atom stereocenters. The monoisotopic (exact) mass is 418 g/mol. The molecule has 1 spiro atoms. The van der Waals surface area contributed by atoms with Crippen molar-refractivity contribution < 1.29 is 13.9 Å². The van der Waals surface area contributed by atoms with Crippen LogP contribution in [-0.2, 0) is 9.53 Å². The van der Waals surface area contributed by atoms with Crippen molar-refractivity contribution in [3.8, 4) is 0 Å². The van der Waals surface area contributed by atoms with E-state index in [9.17, 15) is 9.18 Å². The van der Waals surface area contributed by atoms with Gasteiger partial charge in [0.1, 0.15) is 12.1 Å². The maximum absolute atomic E-state index is 13.7. The normalized spacial score (nSPS) is 38.9. The smallest absolute Gasteiger partial charge is 0.232 e. The van der Waals surface area contributed by atoms with Crippen molar-refractivity contribution in [3.05, 3.63) is 35.6 Å². The molecule has 1 aromatic carbocycles. The quantitative estimate of drug-likeness (QED) is 0.541. The van der Waals surface area contributed by atoms with Gasteiger partial charge in [-0.1, -0.05) is 12.1 Å². The highest BCUT2D eigenvalue weighted by molar-refractivity contribution is 5.81. The zero-order chi connectivity index (χ0) is 21.0. The molecule has 4 saturated heterocycles. The number of nitrogens with one attached hydrogen (secondary N) is 3. The van der Waals surface area contributed by atoms with E-state index in [1.807, 2.05) is 13.1 Å². The van der Waals surface area contributed by atoms with Crippen molar-refractivity contribution in [1.29, 1.82) is 0 Å². The van der Waals surface area contributed by atoms with Crippen LogP contribution >= 0.6 is 0 Å². The summed E-state index contributed by atoms with van der Waals surface area (Å²) < 4.78 is 19.5. The first-order valence-corrected chi connectivity index (χ1v) is 10.8. The molecule has 5 N–H and O–H groups in total. The van der Waals surface area contributed by atoms with E-state index < -0.39 is 0 Å². The number of nitrogens with two attached hydrogens (primary N) is 1. The summed E-state index contributed by atoms with van der Waals surface area (Å²) in [6.45, 7) is 4.49. The zero-order valence-electron chi connectivity index (χ0n) is 17.5.